The minimum Gasteiger partial charge on any atom is -0.348 e. The molecule has 6 heteroatoms. The second-order valence-corrected chi connectivity index (χ2v) is 4.58. The molecule has 0 saturated carbocycles. The van der Waals surface area contributed by atoms with Gasteiger partial charge in [-0.1, -0.05) is 11.6 Å². The Labute approximate surface area is 116 Å². The van der Waals surface area contributed by atoms with Crippen molar-refractivity contribution in [1.82, 2.24) is 10.6 Å². The highest BCUT2D eigenvalue weighted by Gasteiger charge is 2.18. The summed E-state index contributed by atoms with van der Waals surface area (Å²) in [6.07, 6.45) is 1.93. The summed E-state index contributed by atoms with van der Waals surface area (Å²) in [6, 6.07) is 4.05. The van der Waals surface area contributed by atoms with E-state index in [2.05, 4.69) is 10.6 Å². The largest absolute Gasteiger partial charge is 0.348 e. The van der Waals surface area contributed by atoms with Gasteiger partial charge in [0.15, 0.2) is 0 Å². The molecule has 1 saturated heterocycles. The highest BCUT2D eigenvalue weighted by atomic mass is 35.5. The van der Waals surface area contributed by atoms with Crippen LogP contribution in [0.1, 0.15) is 23.2 Å². The van der Waals surface area contributed by atoms with Gasteiger partial charge in [0.2, 0.25) is 0 Å². The van der Waals surface area contributed by atoms with Crippen LogP contribution in [-0.4, -0.2) is 25.0 Å². The Bertz CT molecular complexity index is 423. The summed E-state index contributed by atoms with van der Waals surface area (Å²) in [6.45, 7) is 1.70. The maximum atomic E-state index is 13.4. The van der Waals surface area contributed by atoms with E-state index in [-0.39, 0.29) is 24.0 Å². The van der Waals surface area contributed by atoms with E-state index in [9.17, 15) is 9.18 Å². The molecule has 0 aliphatic carbocycles. The molecule has 1 aliphatic heterocycles. The van der Waals surface area contributed by atoms with Crippen molar-refractivity contribution in [2.75, 3.05) is 13.1 Å². The van der Waals surface area contributed by atoms with Crippen molar-refractivity contribution in [2.45, 2.75) is 18.9 Å². The van der Waals surface area contributed by atoms with E-state index in [1.165, 1.54) is 18.2 Å². The molecule has 1 aromatic carbocycles. The molecule has 1 heterocycles. The molecule has 1 atom stereocenters. The van der Waals surface area contributed by atoms with E-state index in [1.54, 1.807) is 0 Å². The lowest BCUT2D eigenvalue weighted by molar-refractivity contribution is 0.0926. The summed E-state index contributed by atoms with van der Waals surface area (Å²) >= 11 is 5.74. The van der Waals surface area contributed by atoms with Crippen molar-refractivity contribution in [3.05, 3.63) is 34.6 Å². The standard InChI is InChI=1S/C12H14ClFN2O.ClH/c13-8-3-4-11(14)10(6-8)12(17)16-9-2-1-5-15-7-9;/h3-4,6,9,15H,1-2,5,7H2,(H,16,17);1H/t9-;/m1./s1. The van der Waals surface area contributed by atoms with Crippen LogP contribution in [0.15, 0.2) is 18.2 Å². The van der Waals surface area contributed by atoms with Gasteiger partial charge in [0.25, 0.3) is 5.91 Å². The topological polar surface area (TPSA) is 41.1 Å². The fourth-order valence-corrected chi connectivity index (χ4v) is 2.08. The van der Waals surface area contributed by atoms with Crippen molar-refractivity contribution in [3.63, 3.8) is 0 Å². The van der Waals surface area contributed by atoms with Gasteiger partial charge in [-0.3, -0.25) is 4.79 Å². The Morgan fingerprint density at radius 2 is 2.28 bits per heavy atom. The minimum absolute atomic E-state index is 0. The van der Waals surface area contributed by atoms with Gasteiger partial charge >= 0.3 is 0 Å². The maximum Gasteiger partial charge on any atom is 0.254 e. The zero-order chi connectivity index (χ0) is 12.3. The molecule has 18 heavy (non-hydrogen) atoms. The molecule has 3 nitrogen and oxygen atoms in total. The Morgan fingerprint density at radius 3 is 2.94 bits per heavy atom. The van der Waals surface area contributed by atoms with Gasteiger partial charge in [-0.05, 0) is 37.6 Å². The maximum absolute atomic E-state index is 13.4. The number of benzene rings is 1. The number of hydrogen-bond donors (Lipinski definition) is 2. The van der Waals surface area contributed by atoms with Gasteiger partial charge in [-0.2, -0.15) is 0 Å². The zero-order valence-electron chi connectivity index (χ0n) is 9.71. The molecule has 2 rings (SSSR count). The lowest BCUT2D eigenvalue weighted by atomic mass is 10.1. The second-order valence-electron chi connectivity index (χ2n) is 4.14. The predicted octanol–water partition coefficient (Wildman–Crippen LogP) is 2.38. The van der Waals surface area contributed by atoms with Crippen molar-refractivity contribution >= 4 is 29.9 Å². The minimum atomic E-state index is -0.546. The zero-order valence-corrected chi connectivity index (χ0v) is 11.3. The Balaban J connectivity index is 0.00000162. The molecule has 0 radical (unpaired) electrons. The van der Waals surface area contributed by atoms with E-state index in [1.807, 2.05) is 0 Å². The quantitative estimate of drug-likeness (QED) is 0.879. The first kappa shape index (κ1) is 15.2. The second kappa shape index (κ2) is 6.92. The first-order valence-electron chi connectivity index (χ1n) is 5.63. The van der Waals surface area contributed by atoms with Gasteiger partial charge in [-0.15, -0.1) is 12.4 Å². The van der Waals surface area contributed by atoms with E-state index in [0.29, 0.717) is 5.02 Å². The van der Waals surface area contributed by atoms with Crippen LogP contribution >= 0.6 is 24.0 Å². The summed E-state index contributed by atoms with van der Waals surface area (Å²) < 4.78 is 13.4. The lowest BCUT2D eigenvalue weighted by Gasteiger charge is -2.23. The smallest absolute Gasteiger partial charge is 0.254 e. The molecule has 1 fully saturated rings. The molecule has 100 valence electrons. The lowest BCUT2D eigenvalue weighted by Crippen LogP contribution is -2.45. The van der Waals surface area contributed by atoms with Crippen molar-refractivity contribution in [3.8, 4) is 0 Å². The Hall–Kier alpha value is -0.840. The summed E-state index contributed by atoms with van der Waals surface area (Å²) in [5.74, 6) is -0.950. The third kappa shape index (κ3) is 3.83. The molecule has 1 aromatic rings. The van der Waals surface area contributed by atoms with Crippen LogP contribution in [-0.2, 0) is 0 Å². The van der Waals surface area contributed by atoms with Gasteiger partial charge in [-0.25, -0.2) is 4.39 Å². The fourth-order valence-electron chi connectivity index (χ4n) is 1.91. The first-order valence-corrected chi connectivity index (χ1v) is 6.01. The predicted molar refractivity (Wildman–Crippen MR) is 72.0 cm³/mol. The SMILES string of the molecule is Cl.O=C(N[C@@H]1CCCNC1)c1cc(Cl)ccc1F. The molecule has 1 aliphatic rings. The number of rotatable bonds is 2. The van der Waals surface area contributed by atoms with Gasteiger partial charge in [0, 0.05) is 17.6 Å². The van der Waals surface area contributed by atoms with Crippen LogP contribution in [0.25, 0.3) is 0 Å². The highest BCUT2D eigenvalue weighted by Crippen LogP contribution is 2.15. The molecule has 0 spiro atoms. The van der Waals surface area contributed by atoms with E-state index >= 15 is 0 Å². The summed E-state index contributed by atoms with van der Waals surface area (Å²) in [5.41, 5.74) is 0.00285. The van der Waals surface area contributed by atoms with E-state index in [0.717, 1.165) is 25.9 Å². The van der Waals surface area contributed by atoms with Crippen LogP contribution in [0.2, 0.25) is 5.02 Å². The van der Waals surface area contributed by atoms with Crippen LogP contribution in [0.5, 0.6) is 0 Å². The summed E-state index contributed by atoms with van der Waals surface area (Å²) in [5, 5.41) is 6.35. The van der Waals surface area contributed by atoms with Crippen LogP contribution in [0, 0.1) is 5.82 Å². The molecular formula is C12H15Cl2FN2O. The molecule has 0 aromatic heterocycles. The average Bonchev–Trinajstić information content (AvgIpc) is 2.33. The monoisotopic (exact) mass is 292 g/mol. The number of carbonyl (C=O) groups excluding carboxylic acids is 1. The first-order chi connectivity index (χ1) is 8.16. The van der Waals surface area contributed by atoms with Gasteiger partial charge in [0.05, 0.1) is 5.56 Å². The third-order valence-corrected chi connectivity index (χ3v) is 3.04. The Morgan fingerprint density at radius 1 is 1.50 bits per heavy atom. The van der Waals surface area contributed by atoms with Gasteiger partial charge < -0.3 is 10.6 Å². The fraction of sp³-hybridized carbons (Fsp3) is 0.417. The number of hydrogen-bond acceptors (Lipinski definition) is 2. The van der Waals surface area contributed by atoms with Gasteiger partial charge in [0.1, 0.15) is 5.82 Å². The number of nitrogens with one attached hydrogen (secondary N) is 2. The van der Waals surface area contributed by atoms with Crippen molar-refractivity contribution in [2.24, 2.45) is 0 Å². The van der Waals surface area contributed by atoms with Crippen LogP contribution < -0.4 is 10.6 Å². The molecular weight excluding hydrogens is 278 g/mol. The molecule has 1 amide bonds. The van der Waals surface area contributed by atoms with Crippen LogP contribution in [0.4, 0.5) is 4.39 Å². The molecule has 2 N–H and O–H groups in total. The molecule has 0 unspecified atom stereocenters. The normalized spacial score (nSPS) is 18.9. The van der Waals surface area contributed by atoms with Crippen molar-refractivity contribution < 1.29 is 9.18 Å². The number of piperidine rings is 1. The summed E-state index contributed by atoms with van der Waals surface area (Å²) in [4.78, 5) is 11.8. The van der Waals surface area contributed by atoms with Crippen LogP contribution in [0.3, 0.4) is 0 Å². The summed E-state index contributed by atoms with van der Waals surface area (Å²) in [7, 11) is 0. The number of amides is 1. The Kier molecular flexibility index (Phi) is 5.85. The van der Waals surface area contributed by atoms with E-state index in [4.69, 9.17) is 11.6 Å². The average molecular weight is 293 g/mol. The number of carbonyl (C=O) groups is 1. The molecule has 0 bridgehead atoms. The third-order valence-electron chi connectivity index (χ3n) is 2.81. The van der Waals surface area contributed by atoms with E-state index < -0.39 is 11.7 Å². The highest BCUT2D eigenvalue weighted by molar-refractivity contribution is 6.31. The van der Waals surface area contributed by atoms with Crippen molar-refractivity contribution in [1.29, 1.82) is 0 Å². The number of halogens is 3.